The van der Waals surface area contributed by atoms with Crippen LogP contribution in [0.1, 0.15) is 29.7 Å². The fourth-order valence-electron chi connectivity index (χ4n) is 6.38. The second-order valence-corrected chi connectivity index (χ2v) is 11.6. The van der Waals surface area contributed by atoms with Crippen molar-refractivity contribution in [3.63, 3.8) is 0 Å². The number of benzene rings is 2. The number of aryl methyl sites for hydroxylation is 1. The number of piperazine rings is 1. The number of hydrogen-bond acceptors (Lipinski definition) is 7. The van der Waals surface area contributed by atoms with Gasteiger partial charge in [-0.25, -0.2) is 6.57 Å². The van der Waals surface area contributed by atoms with Gasteiger partial charge in [-0.2, -0.15) is 9.97 Å². The first-order valence-electron chi connectivity index (χ1n) is 14.9. The Morgan fingerprint density at radius 2 is 1.98 bits per heavy atom. The van der Waals surface area contributed by atoms with Crippen LogP contribution in [0.15, 0.2) is 49.1 Å². The number of aromatic nitrogens is 2. The summed E-state index contributed by atoms with van der Waals surface area (Å²) < 4.78 is 6.20. The third-order valence-electron chi connectivity index (χ3n) is 8.84. The highest BCUT2D eigenvalue weighted by atomic mass is 16.5. The summed E-state index contributed by atoms with van der Waals surface area (Å²) >= 11 is 0. The van der Waals surface area contributed by atoms with Gasteiger partial charge in [0.05, 0.1) is 12.2 Å². The molecule has 6 rings (SSSR count). The van der Waals surface area contributed by atoms with Crippen molar-refractivity contribution in [1.82, 2.24) is 19.8 Å². The van der Waals surface area contributed by atoms with Gasteiger partial charge in [0.15, 0.2) is 0 Å². The molecule has 3 aliphatic rings. The molecule has 2 aliphatic heterocycles. The first kappa shape index (κ1) is 28.0. The Kier molecular flexibility index (Phi) is 7.98. The van der Waals surface area contributed by atoms with Crippen LogP contribution < -0.4 is 14.5 Å². The normalized spacial score (nSPS) is 18.6. The highest BCUT2D eigenvalue weighted by Gasteiger charge is 2.35. The zero-order chi connectivity index (χ0) is 29.2. The molecule has 9 nitrogen and oxygen atoms in total. The molecule has 3 aromatic rings. The van der Waals surface area contributed by atoms with Crippen molar-refractivity contribution in [3.8, 4) is 6.01 Å². The molecule has 2 aromatic carbocycles. The number of amides is 1. The number of rotatable bonds is 9. The van der Waals surface area contributed by atoms with E-state index >= 15 is 0 Å². The molecule has 1 aromatic heterocycles. The van der Waals surface area contributed by atoms with Crippen molar-refractivity contribution in [2.75, 3.05) is 62.7 Å². The first-order valence-corrected chi connectivity index (χ1v) is 14.9. The van der Waals surface area contributed by atoms with Crippen molar-refractivity contribution in [2.45, 2.75) is 44.8 Å². The summed E-state index contributed by atoms with van der Waals surface area (Å²) in [7, 11) is 2.14. The summed E-state index contributed by atoms with van der Waals surface area (Å²) in [6.07, 6.45) is 4.65. The van der Waals surface area contributed by atoms with E-state index in [1.807, 2.05) is 0 Å². The number of carbonyl (C=O) groups is 1. The summed E-state index contributed by atoms with van der Waals surface area (Å²) in [6, 6.07) is 13.8. The molecule has 9 heteroatoms. The predicted octanol–water partition coefficient (Wildman–Crippen LogP) is 4.10. The number of nitrogens with zero attached hydrogens (tertiary/aromatic N) is 7. The van der Waals surface area contributed by atoms with E-state index in [2.05, 4.69) is 76.5 Å². The topological polar surface area (TPSA) is 69.4 Å². The van der Waals surface area contributed by atoms with E-state index in [1.165, 1.54) is 40.9 Å². The molecule has 218 valence electrons. The average molecular weight is 566 g/mol. The molecule has 1 amide bonds. The van der Waals surface area contributed by atoms with Crippen molar-refractivity contribution in [3.05, 3.63) is 77.3 Å². The summed E-state index contributed by atoms with van der Waals surface area (Å²) in [6.45, 7) is 18.1. The van der Waals surface area contributed by atoms with Crippen LogP contribution in [-0.2, 0) is 17.8 Å². The Morgan fingerprint density at radius 1 is 1.17 bits per heavy atom. The fraction of sp³-hybridized carbons (Fsp3) is 0.455. The first-order chi connectivity index (χ1) is 20.5. The maximum atomic E-state index is 12.5. The van der Waals surface area contributed by atoms with E-state index in [0.29, 0.717) is 44.8 Å². The number of anilines is 2. The van der Waals surface area contributed by atoms with Crippen LogP contribution in [0.3, 0.4) is 0 Å². The molecular weight excluding hydrogens is 526 g/mol. The van der Waals surface area contributed by atoms with Crippen molar-refractivity contribution >= 4 is 28.2 Å². The Labute approximate surface area is 248 Å². The average Bonchev–Trinajstić information content (AvgIpc) is 3.86. The van der Waals surface area contributed by atoms with Crippen LogP contribution in [0, 0.1) is 13.5 Å². The molecule has 2 fully saturated rings. The minimum Gasteiger partial charge on any atom is -0.462 e. The second kappa shape index (κ2) is 12.0. The van der Waals surface area contributed by atoms with Crippen molar-refractivity contribution in [1.29, 1.82) is 0 Å². The van der Waals surface area contributed by atoms with Crippen molar-refractivity contribution < 1.29 is 9.53 Å². The molecule has 1 saturated heterocycles. The number of fused-ring (bicyclic) bond motifs is 2. The van der Waals surface area contributed by atoms with Gasteiger partial charge in [-0.05, 0) is 56.3 Å². The third kappa shape index (κ3) is 5.64. The number of ether oxygens (including phenoxy) is 1. The minimum absolute atomic E-state index is 0.127. The Balaban J connectivity index is 1.31. The van der Waals surface area contributed by atoms with Gasteiger partial charge in [0.1, 0.15) is 18.5 Å². The Morgan fingerprint density at radius 3 is 2.74 bits per heavy atom. The largest absolute Gasteiger partial charge is 0.462 e. The minimum atomic E-state index is -0.220. The van der Waals surface area contributed by atoms with Crippen molar-refractivity contribution in [2.24, 2.45) is 0 Å². The van der Waals surface area contributed by atoms with E-state index in [9.17, 15) is 4.79 Å². The lowest BCUT2D eigenvalue weighted by Gasteiger charge is -2.41. The lowest BCUT2D eigenvalue weighted by atomic mass is 9.99. The van der Waals surface area contributed by atoms with Gasteiger partial charge in [-0.3, -0.25) is 4.79 Å². The van der Waals surface area contributed by atoms with Gasteiger partial charge in [0.25, 0.3) is 0 Å². The maximum absolute atomic E-state index is 12.5. The smallest absolute Gasteiger partial charge is 0.318 e. The highest BCUT2D eigenvalue weighted by Crippen LogP contribution is 2.36. The molecule has 3 heterocycles. The molecular formula is C33H39N7O2. The SMILES string of the molecule is [C-]#[N+]CC1CN(c2nc(OCCN(C)C3CC3)nc3c2CCN(c2cccc4cccc(C)c24)C3)CCN1C(=O)C=C. The molecule has 1 aliphatic carbocycles. The van der Waals surface area contributed by atoms with E-state index in [4.69, 9.17) is 21.3 Å². The van der Waals surface area contributed by atoms with Gasteiger partial charge < -0.3 is 29.2 Å². The third-order valence-corrected chi connectivity index (χ3v) is 8.84. The van der Waals surface area contributed by atoms with E-state index in [1.54, 1.807) is 4.90 Å². The van der Waals surface area contributed by atoms with Gasteiger partial charge >= 0.3 is 6.01 Å². The predicted molar refractivity (Wildman–Crippen MR) is 166 cm³/mol. The Hall–Kier alpha value is -4.16. The molecule has 1 atom stereocenters. The number of likely N-dealkylation sites (N-methyl/N-ethyl adjacent to an activating group) is 1. The monoisotopic (exact) mass is 565 g/mol. The summed E-state index contributed by atoms with van der Waals surface area (Å²) in [5.74, 6) is 0.748. The van der Waals surface area contributed by atoms with E-state index < -0.39 is 0 Å². The summed E-state index contributed by atoms with van der Waals surface area (Å²) in [5, 5.41) is 2.52. The summed E-state index contributed by atoms with van der Waals surface area (Å²) in [4.78, 5) is 34.9. The lowest BCUT2D eigenvalue weighted by molar-refractivity contribution is -0.128. The zero-order valence-corrected chi connectivity index (χ0v) is 24.6. The van der Waals surface area contributed by atoms with Gasteiger partial charge in [-0.1, -0.05) is 36.9 Å². The van der Waals surface area contributed by atoms with Gasteiger partial charge in [0, 0.05) is 55.4 Å². The second-order valence-electron chi connectivity index (χ2n) is 11.6. The molecule has 0 N–H and O–H groups in total. The lowest BCUT2D eigenvalue weighted by Crippen LogP contribution is -2.56. The highest BCUT2D eigenvalue weighted by molar-refractivity contribution is 5.97. The van der Waals surface area contributed by atoms with E-state index in [0.717, 1.165) is 36.6 Å². The maximum Gasteiger partial charge on any atom is 0.318 e. The van der Waals surface area contributed by atoms with Gasteiger partial charge in [-0.15, -0.1) is 0 Å². The standard InChI is InChI=1S/C33H39N7O2/c1-5-30(41)40-17-16-39(21-26(40)20-34-3)32-27-14-15-38(29-11-7-10-24-9-6-8-23(2)31(24)29)22-28(27)35-33(36-32)42-19-18-37(4)25-12-13-25/h5-11,25-26H,1,12-22H2,2,4H3. The number of carbonyl (C=O) groups excluding carboxylic acids is 1. The molecule has 1 unspecified atom stereocenters. The van der Waals surface area contributed by atoms with Crippen LogP contribution in [-0.4, -0.2) is 90.7 Å². The quantitative estimate of drug-likeness (QED) is 0.286. The van der Waals surface area contributed by atoms with Crippen LogP contribution >= 0.6 is 0 Å². The molecule has 0 bridgehead atoms. The van der Waals surface area contributed by atoms with Crippen LogP contribution in [0.4, 0.5) is 11.5 Å². The fourth-order valence-corrected chi connectivity index (χ4v) is 6.38. The molecule has 1 saturated carbocycles. The zero-order valence-electron chi connectivity index (χ0n) is 24.6. The van der Waals surface area contributed by atoms with E-state index in [-0.39, 0.29) is 18.5 Å². The summed E-state index contributed by atoms with van der Waals surface area (Å²) in [5.41, 5.74) is 4.60. The molecule has 0 radical (unpaired) electrons. The Bertz CT molecular complexity index is 1520. The van der Waals surface area contributed by atoms with Crippen LogP contribution in [0.5, 0.6) is 6.01 Å². The van der Waals surface area contributed by atoms with Crippen LogP contribution in [0.2, 0.25) is 0 Å². The number of hydrogen-bond donors (Lipinski definition) is 0. The van der Waals surface area contributed by atoms with Crippen LogP contribution in [0.25, 0.3) is 15.6 Å². The van der Waals surface area contributed by atoms with Gasteiger partial charge in [0.2, 0.25) is 12.5 Å². The molecule has 0 spiro atoms. The molecule has 42 heavy (non-hydrogen) atoms.